The number of carbonyl (C=O) groups is 2. The quantitative estimate of drug-likeness (QED) is 0.884. The van der Waals surface area contributed by atoms with Crippen LogP contribution in [0.25, 0.3) is 0 Å². The average molecular weight is 259 g/mol. The van der Waals surface area contributed by atoms with E-state index in [1.54, 1.807) is 31.2 Å². The SMILES string of the molecule is CC(=O)Nc1ccc(NC(=O)c2cnc(C)o2)cc1. The third kappa shape index (κ3) is 3.41. The lowest BCUT2D eigenvalue weighted by molar-refractivity contribution is -0.114. The number of oxazole rings is 1. The number of nitrogens with zero attached hydrogens (tertiary/aromatic N) is 1. The Hall–Kier alpha value is -2.63. The standard InChI is InChI=1S/C13H13N3O3/c1-8(17)15-10-3-5-11(6-4-10)16-13(18)12-7-14-9(2)19-12/h3-7H,1-2H3,(H,15,17)(H,16,18). The number of rotatable bonds is 3. The van der Waals surface area contributed by atoms with Crippen molar-refractivity contribution in [2.45, 2.75) is 13.8 Å². The zero-order valence-corrected chi connectivity index (χ0v) is 10.6. The predicted octanol–water partition coefficient (Wildman–Crippen LogP) is 2.19. The number of aromatic nitrogens is 1. The highest BCUT2D eigenvalue weighted by molar-refractivity contribution is 6.02. The van der Waals surface area contributed by atoms with Gasteiger partial charge in [-0.3, -0.25) is 9.59 Å². The fraction of sp³-hybridized carbons (Fsp3) is 0.154. The van der Waals surface area contributed by atoms with E-state index >= 15 is 0 Å². The molecule has 2 rings (SSSR count). The van der Waals surface area contributed by atoms with E-state index in [1.807, 2.05) is 0 Å². The zero-order valence-electron chi connectivity index (χ0n) is 10.6. The van der Waals surface area contributed by atoms with Crippen molar-refractivity contribution < 1.29 is 14.0 Å². The van der Waals surface area contributed by atoms with Crippen molar-refractivity contribution in [3.8, 4) is 0 Å². The Balaban J connectivity index is 2.03. The maximum absolute atomic E-state index is 11.8. The number of nitrogens with one attached hydrogen (secondary N) is 2. The molecule has 19 heavy (non-hydrogen) atoms. The number of hydrogen-bond acceptors (Lipinski definition) is 4. The Morgan fingerprint density at radius 1 is 1.11 bits per heavy atom. The van der Waals surface area contributed by atoms with Crippen LogP contribution in [0, 0.1) is 6.92 Å². The fourth-order valence-corrected chi connectivity index (χ4v) is 1.50. The maximum Gasteiger partial charge on any atom is 0.293 e. The first kappa shape index (κ1) is 12.8. The maximum atomic E-state index is 11.8. The van der Waals surface area contributed by atoms with E-state index < -0.39 is 0 Å². The first-order chi connectivity index (χ1) is 9.04. The highest BCUT2D eigenvalue weighted by atomic mass is 16.4. The molecule has 0 unspecified atom stereocenters. The first-order valence-corrected chi connectivity index (χ1v) is 5.66. The summed E-state index contributed by atoms with van der Waals surface area (Å²) in [6, 6.07) is 6.77. The van der Waals surface area contributed by atoms with Gasteiger partial charge >= 0.3 is 0 Å². The van der Waals surface area contributed by atoms with Crippen LogP contribution in [0.15, 0.2) is 34.9 Å². The molecule has 0 saturated carbocycles. The molecule has 2 N–H and O–H groups in total. The van der Waals surface area contributed by atoms with Gasteiger partial charge < -0.3 is 15.1 Å². The Morgan fingerprint density at radius 3 is 2.16 bits per heavy atom. The van der Waals surface area contributed by atoms with Crippen molar-refractivity contribution in [3.63, 3.8) is 0 Å². The Kier molecular flexibility index (Phi) is 3.61. The highest BCUT2D eigenvalue weighted by Gasteiger charge is 2.10. The summed E-state index contributed by atoms with van der Waals surface area (Å²) in [5, 5.41) is 5.31. The van der Waals surface area contributed by atoms with Gasteiger partial charge in [0, 0.05) is 25.2 Å². The topological polar surface area (TPSA) is 84.2 Å². The second kappa shape index (κ2) is 5.34. The monoisotopic (exact) mass is 259 g/mol. The number of aryl methyl sites for hydroxylation is 1. The van der Waals surface area contributed by atoms with Gasteiger partial charge in [0.05, 0.1) is 6.20 Å². The largest absolute Gasteiger partial charge is 0.436 e. The lowest BCUT2D eigenvalue weighted by atomic mass is 10.2. The molecular weight excluding hydrogens is 246 g/mol. The van der Waals surface area contributed by atoms with Crippen LogP contribution in [-0.2, 0) is 4.79 Å². The van der Waals surface area contributed by atoms with E-state index in [4.69, 9.17) is 4.42 Å². The molecule has 0 radical (unpaired) electrons. The summed E-state index contributed by atoms with van der Waals surface area (Å²) in [6.07, 6.45) is 1.37. The third-order valence-electron chi connectivity index (χ3n) is 2.31. The summed E-state index contributed by atoms with van der Waals surface area (Å²) >= 11 is 0. The molecule has 1 aromatic carbocycles. The van der Waals surface area contributed by atoms with E-state index in [0.717, 1.165) is 0 Å². The molecule has 0 spiro atoms. The molecule has 0 aliphatic rings. The predicted molar refractivity (Wildman–Crippen MR) is 69.9 cm³/mol. The summed E-state index contributed by atoms with van der Waals surface area (Å²) < 4.78 is 5.11. The van der Waals surface area contributed by atoms with Gasteiger partial charge in [-0.05, 0) is 24.3 Å². The first-order valence-electron chi connectivity index (χ1n) is 5.66. The lowest BCUT2D eigenvalue weighted by Gasteiger charge is -2.05. The summed E-state index contributed by atoms with van der Waals surface area (Å²) in [5.41, 5.74) is 1.27. The van der Waals surface area contributed by atoms with Crippen LogP contribution in [-0.4, -0.2) is 16.8 Å². The smallest absolute Gasteiger partial charge is 0.293 e. The molecule has 0 aliphatic carbocycles. The molecule has 1 aromatic heterocycles. The van der Waals surface area contributed by atoms with Crippen LogP contribution < -0.4 is 10.6 Å². The number of hydrogen-bond donors (Lipinski definition) is 2. The van der Waals surface area contributed by atoms with Crippen molar-refractivity contribution in [2.75, 3.05) is 10.6 Å². The molecule has 2 amide bonds. The molecule has 0 saturated heterocycles. The summed E-state index contributed by atoms with van der Waals surface area (Å²) in [7, 11) is 0. The number of amides is 2. The second-order valence-corrected chi connectivity index (χ2v) is 3.96. The molecule has 6 heteroatoms. The van der Waals surface area contributed by atoms with Gasteiger partial charge in [0.1, 0.15) is 0 Å². The molecule has 2 aromatic rings. The van der Waals surface area contributed by atoms with Gasteiger partial charge in [-0.2, -0.15) is 0 Å². The van der Waals surface area contributed by atoms with Gasteiger partial charge in [0.25, 0.3) is 5.91 Å². The Labute approximate surface area is 109 Å². The van der Waals surface area contributed by atoms with Crippen molar-refractivity contribution >= 4 is 23.2 Å². The normalized spacial score (nSPS) is 10.0. The second-order valence-electron chi connectivity index (χ2n) is 3.96. The van der Waals surface area contributed by atoms with Crippen LogP contribution in [0.2, 0.25) is 0 Å². The zero-order chi connectivity index (χ0) is 13.8. The van der Waals surface area contributed by atoms with Crippen LogP contribution in [0.5, 0.6) is 0 Å². The van der Waals surface area contributed by atoms with Gasteiger partial charge in [-0.25, -0.2) is 4.98 Å². The van der Waals surface area contributed by atoms with Gasteiger partial charge in [-0.15, -0.1) is 0 Å². The minimum Gasteiger partial charge on any atom is -0.436 e. The van der Waals surface area contributed by atoms with Crippen molar-refractivity contribution in [2.24, 2.45) is 0 Å². The van der Waals surface area contributed by atoms with E-state index in [9.17, 15) is 9.59 Å². The van der Waals surface area contributed by atoms with E-state index in [-0.39, 0.29) is 17.6 Å². The molecule has 6 nitrogen and oxygen atoms in total. The van der Waals surface area contributed by atoms with Crippen molar-refractivity contribution in [1.82, 2.24) is 4.98 Å². The van der Waals surface area contributed by atoms with Crippen LogP contribution >= 0.6 is 0 Å². The lowest BCUT2D eigenvalue weighted by Crippen LogP contribution is -2.11. The molecule has 0 fully saturated rings. The Bertz CT molecular complexity index is 602. The molecule has 0 aliphatic heterocycles. The number of benzene rings is 1. The summed E-state index contributed by atoms with van der Waals surface area (Å²) in [6.45, 7) is 3.10. The molecular formula is C13H13N3O3. The van der Waals surface area contributed by atoms with Crippen molar-refractivity contribution in [3.05, 3.63) is 42.1 Å². The van der Waals surface area contributed by atoms with Gasteiger partial charge in [0.15, 0.2) is 5.89 Å². The van der Waals surface area contributed by atoms with Crippen LogP contribution in [0.4, 0.5) is 11.4 Å². The van der Waals surface area contributed by atoms with Crippen molar-refractivity contribution in [1.29, 1.82) is 0 Å². The highest BCUT2D eigenvalue weighted by Crippen LogP contribution is 2.14. The van der Waals surface area contributed by atoms with E-state index in [1.165, 1.54) is 13.1 Å². The minimum atomic E-state index is -0.368. The fourth-order valence-electron chi connectivity index (χ4n) is 1.50. The van der Waals surface area contributed by atoms with E-state index in [2.05, 4.69) is 15.6 Å². The molecule has 0 atom stereocenters. The number of anilines is 2. The molecule has 98 valence electrons. The summed E-state index contributed by atoms with van der Waals surface area (Å²) in [4.78, 5) is 26.5. The summed E-state index contributed by atoms with van der Waals surface area (Å²) in [5.74, 6) is 0.0800. The number of carbonyl (C=O) groups excluding carboxylic acids is 2. The Morgan fingerprint density at radius 2 is 1.68 bits per heavy atom. The third-order valence-corrected chi connectivity index (χ3v) is 2.31. The van der Waals surface area contributed by atoms with E-state index in [0.29, 0.717) is 17.3 Å². The molecule has 0 bridgehead atoms. The molecule has 1 heterocycles. The van der Waals surface area contributed by atoms with Gasteiger partial charge in [0.2, 0.25) is 11.7 Å². The van der Waals surface area contributed by atoms with Gasteiger partial charge in [-0.1, -0.05) is 0 Å². The average Bonchev–Trinajstić information content (AvgIpc) is 2.78. The minimum absolute atomic E-state index is 0.145. The van der Waals surface area contributed by atoms with Crippen LogP contribution in [0.1, 0.15) is 23.4 Å². The van der Waals surface area contributed by atoms with Crippen LogP contribution in [0.3, 0.4) is 0 Å².